The molecule has 20 heavy (non-hydrogen) atoms. The quantitative estimate of drug-likeness (QED) is 0.618. The third-order valence-corrected chi connectivity index (χ3v) is 4.06. The molecule has 110 valence electrons. The highest BCUT2D eigenvalue weighted by Crippen LogP contribution is 2.28. The van der Waals surface area contributed by atoms with Crippen LogP contribution in [0.3, 0.4) is 0 Å². The molecule has 0 spiro atoms. The summed E-state index contributed by atoms with van der Waals surface area (Å²) < 4.78 is 0. The molecule has 1 aromatic heterocycles. The third-order valence-electron chi connectivity index (χ3n) is 4.06. The van der Waals surface area contributed by atoms with Crippen LogP contribution in [-0.2, 0) is 0 Å². The van der Waals surface area contributed by atoms with Gasteiger partial charge in [-0.2, -0.15) is 0 Å². The van der Waals surface area contributed by atoms with E-state index in [-0.39, 0.29) is 5.84 Å². The zero-order chi connectivity index (χ0) is 14.5. The van der Waals surface area contributed by atoms with Crippen LogP contribution in [0, 0.1) is 11.3 Å². The van der Waals surface area contributed by atoms with Crippen molar-refractivity contribution in [2.24, 2.45) is 11.7 Å². The van der Waals surface area contributed by atoms with Crippen LogP contribution in [0.25, 0.3) is 0 Å². The maximum atomic E-state index is 7.58. The topological polar surface area (TPSA) is 66.0 Å². The molecule has 3 N–H and O–H groups in total. The van der Waals surface area contributed by atoms with Gasteiger partial charge in [0.15, 0.2) is 0 Å². The van der Waals surface area contributed by atoms with Gasteiger partial charge in [0, 0.05) is 24.3 Å². The number of aromatic nitrogens is 1. The molecule has 1 aliphatic rings. The van der Waals surface area contributed by atoms with E-state index >= 15 is 0 Å². The molecule has 0 aliphatic heterocycles. The molecule has 0 atom stereocenters. The van der Waals surface area contributed by atoms with Crippen molar-refractivity contribution in [1.82, 2.24) is 4.98 Å². The van der Waals surface area contributed by atoms with E-state index < -0.39 is 0 Å². The van der Waals surface area contributed by atoms with E-state index in [0.717, 1.165) is 17.9 Å². The van der Waals surface area contributed by atoms with Gasteiger partial charge in [0.1, 0.15) is 11.7 Å². The second kappa shape index (κ2) is 6.73. The lowest BCUT2D eigenvalue weighted by Gasteiger charge is -2.31. The molecular formula is C16H26N4. The monoisotopic (exact) mass is 274 g/mol. The van der Waals surface area contributed by atoms with Crippen LogP contribution in [0.1, 0.15) is 51.5 Å². The molecule has 4 heteroatoms. The number of nitrogens with zero attached hydrogens (tertiary/aromatic N) is 2. The van der Waals surface area contributed by atoms with Gasteiger partial charge >= 0.3 is 0 Å². The summed E-state index contributed by atoms with van der Waals surface area (Å²) in [5.74, 6) is 1.78. The van der Waals surface area contributed by atoms with E-state index in [2.05, 4.69) is 23.7 Å². The molecule has 0 aromatic carbocycles. The predicted molar refractivity (Wildman–Crippen MR) is 84.3 cm³/mol. The Kier molecular flexibility index (Phi) is 4.99. The Morgan fingerprint density at radius 2 is 2.15 bits per heavy atom. The van der Waals surface area contributed by atoms with Crippen LogP contribution in [0.2, 0.25) is 0 Å². The zero-order valence-electron chi connectivity index (χ0n) is 12.6. The van der Waals surface area contributed by atoms with Crippen molar-refractivity contribution in [2.75, 3.05) is 11.4 Å². The van der Waals surface area contributed by atoms with Gasteiger partial charge in [0.2, 0.25) is 0 Å². The highest BCUT2D eigenvalue weighted by Gasteiger charge is 2.23. The minimum absolute atomic E-state index is 0.115. The number of nitrogen functional groups attached to an aromatic ring is 1. The summed E-state index contributed by atoms with van der Waals surface area (Å²) in [6.07, 6.45) is 8.07. The minimum atomic E-state index is 0.115. The first kappa shape index (κ1) is 14.8. The lowest BCUT2D eigenvalue weighted by atomic mass is 10.1. The maximum absolute atomic E-state index is 7.58. The van der Waals surface area contributed by atoms with Gasteiger partial charge in [-0.15, -0.1) is 0 Å². The normalized spacial score (nSPS) is 15.8. The Morgan fingerprint density at radius 3 is 2.75 bits per heavy atom. The van der Waals surface area contributed by atoms with Crippen molar-refractivity contribution in [3.8, 4) is 0 Å². The minimum Gasteiger partial charge on any atom is -0.384 e. The molecule has 4 nitrogen and oxygen atoms in total. The molecule has 1 saturated carbocycles. The molecule has 0 unspecified atom stereocenters. The summed E-state index contributed by atoms with van der Waals surface area (Å²) in [7, 11) is 0. The molecule has 0 radical (unpaired) electrons. The van der Waals surface area contributed by atoms with Crippen molar-refractivity contribution in [2.45, 2.75) is 52.0 Å². The van der Waals surface area contributed by atoms with Crippen molar-refractivity contribution in [3.05, 3.63) is 23.9 Å². The standard InChI is InChI=1S/C16H26N4/c1-12(2)8-10-20(14-5-3-4-6-14)15-11-13(16(17)18)7-9-19-15/h7,9,11-12,14H,3-6,8,10H2,1-2H3,(H3,17,18). The smallest absolute Gasteiger partial charge is 0.129 e. The summed E-state index contributed by atoms with van der Waals surface area (Å²) in [5.41, 5.74) is 6.36. The molecule has 0 saturated heterocycles. The van der Waals surface area contributed by atoms with Crippen molar-refractivity contribution in [3.63, 3.8) is 0 Å². The first-order valence-corrected chi connectivity index (χ1v) is 7.65. The van der Waals surface area contributed by atoms with Gasteiger partial charge in [-0.3, -0.25) is 5.41 Å². The Morgan fingerprint density at radius 1 is 1.45 bits per heavy atom. The van der Waals surface area contributed by atoms with Crippen LogP contribution >= 0.6 is 0 Å². The molecule has 0 bridgehead atoms. The van der Waals surface area contributed by atoms with Crippen LogP contribution < -0.4 is 10.6 Å². The number of hydrogen-bond donors (Lipinski definition) is 2. The van der Waals surface area contributed by atoms with E-state index in [4.69, 9.17) is 11.1 Å². The van der Waals surface area contributed by atoms with Crippen LogP contribution in [-0.4, -0.2) is 23.4 Å². The van der Waals surface area contributed by atoms with Crippen LogP contribution in [0.4, 0.5) is 5.82 Å². The zero-order valence-corrected chi connectivity index (χ0v) is 12.6. The molecular weight excluding hydrogens is 248 g/mol. The summed E-state index contributed by atoms with van der Waals surface area (Å²) >= 11 is 0. The summed E-state index contributed by atoms with van der Waals surface area (Å²) in [6, 6.07) is 4.37. The lowest BCUT2D eigenvalue weighted by Crippen LogP contribution is -2.35. The van der Waals surface area contributed by atoms with Gasteiger partial charge in [0.05, 0.1) is 0 Å². The lowest BCUT2D eigenvalue weighted by molar-refractivity contribution is 0.525. The number of amidine groups is 1. The SMILES string of the molecule is CC(C)CCN(c1cc(C(=N)N)ccn1)C1CCCC1. The molecule has 2 rings (SSSR count). The van der Waals surface area contributed by atoms with E-state index in [9.17, 15) is 0 Å². The molecule has 1 fully saturated rings. The number of nitrogens with two attached hydrogens (primary N) is 1. The van der Waals surface area contributed by atoms with E-state index in [1.807, 2.05) is 6.07 Å². The highest BCUT2D eigenvalue weighted by atomic mass is 15.2. The van der Waals surface area contributed by atoms with Gasteiger partial charge < -0.3 is 10.6 Å². The molecule has 0 amide bonds. The Labute approximate surface area is 121 Å². The largest absolute Gasteiger partial charge is 0.384 e. The predicted octanol–water partition coefficient (Wildman–Crippen LogP) is 3.16. The van der Waals surface area contributed by atoms with Gasteiger partial charge in [-0.1, -0.05) is 26.7 Å². The van der Waals surface area contributed by atoms with Crippen LogP contribution in [0.15, 0.2) is 18.3 Å². The fraction of sp³-hybridized carbons (Fsp3) is 0.625. The Balaban J connectivity index is 2.20. The van der Waals surface area contributed by atoms with E-state index in [0.29, 0.717) is 12.0 Å². The maximum Gasteiger partial charge on any atom is 0.129 e. The fourth-order valence-corrected chi connectivity index (χ4v) is 2.84. The van der Waals surface area contributed by atoms with Gasteiger partial charge in [0.25, 0.3) is 0 Å². The van der Waals surface area contributed by atoms with Crippen LogP contribution in [0.5, 0.6) is 0 Å². The number of nitrogens with one attached hydrogen (secondary N) is 1. The van der Waals surface area contributed by atoms with Gasteiger partial charge in [-0.05, 0) is 37.3 Å². The van der Waals surface area contributed by atoms with Crippen molar-refractivity contribution >= 4 is 11.7 Å². The number of pyridine rings is 1. The van der Waals surface area contributed by atoms with E-state index in [1.54, 1.807) is 12.3 Å². The van der Waals surface area contributed by atoms with E-state index in [1.165, 1.54) is 32.1 Å². The summed E-state index contributed by atoms with van der Waals surface area (Å²) in [5, 5.41) is 7.58. The average molecular weight is 274 g/mol. The molecule has 1 heterocycles. The fourth-order valence-electron chi connectivity index (χ4n) is 2.84. The van der Waals surface area contributed by atoms with Gasteiger partial charge in [-0.25, -0.2) is 4.98 Å². The second-order valence-electron chi connectivity index (χ2n) is 6.13. The second-order valence-corrected chi connectivity index (χ2v) is 6.13. The first-order valence-electron chi connectivity index (χ1n) is 7.65. The summed E-state index contributed by atoms with van der Waals surface area (Å²) in [4.78, 5) is 6.95. The van der Waals surface area contributed by atoms with Crippen molar-refractivity contribution < 1.29 is 0 Å². The highest BCUT2D eigenvalue weighted by molar-refractivity contribution is 5.95. The molecule has 1 aliphatic carbocycles. The first-order chi connectivity index (χ1) is 9.58. The average Bonchev–Trinajstić information content (AvgIpc) is 2.93. The number of rotatable bonds is 6. The third kappa shape index (κ3) is 3.71. The Bertz CT molecular complexity index is 450. The number of anilines is 1. The Hall–Kier alpha value is -1.58. The molecule has 1 aromatic rings. The summed E-state index contributed by atoms with van der Waals surface area (Å²) in [6.45, 7) is 5.55. The van der Waals surface area contributed by atoms with Crippen molar-refractivity contribution in [1.29, 1.82) is 5.41 Å². The number of hydrogen-bond acceptors (Lipinski definition) is 3.